The van der Waals surface area contributed by atoms with E-state index in [1.54, 1.807) is 0 Å². The van der Waals surface area contributed by atoms with Crippen LogP contribution in [0.5, 0.6) is 0 Å². The Morgan fingerprint density at radius 1 is 1.35 bits per heavy atom. The van der Waals surface area contributed by atoms with Crippen LogP contribution in [-0.4, -0.2) is 73.8 Å². The van der Waals surface area contributed by atoms with Crippen molar-refractivity contribution in [3.8, 4) is 0 Å². The smallest absolute Gasteiger partial charge is 0.191 e. The fourth-order valence-corrected chi connectivity index (χ4v) is 5.61. The van der Waals surface area contributed by atoms with E-state index in [4.69, 9.17) is 9.73 Å². The Balaban J connectivity index is 0.00000243. The lowest BCUT2D eigenvalue weighted by Crippen LogP contribution is -2.56. The zero-order valence-corrected chi connectivity index (χ0v) is 19.5. The van der Waals surface area contributed by atoms with Crippen LogP contribution in [0.15, 0.2) is 22.5 Å². The molecule has 1 aromatic heterocycles. The summed E-state index contributed by atoms with van der Waals surface area (Å²) in [5.41, 5.74) is 0.213. The van der Waals surface area contributed by atoms with Gasteiger partial charge in [0.15, 0.2) is 5.96 Å². The molecule has 0 saturated carbocycles. The number of nitrogens with zero attached hydrogens (tertiary/aromatic N) is 2. The van der Waals surface area contributed by atoms with Gasteiger partial charge in [0.05, 0.1) is 25.3 Å². The second kappa shape index (κ2) is 11.7. The van der Waals surface area contributed by atoms with Gasteiger partial charge >= 0.3 is 0 Å². The van der Waals surface area contributed by atoms with E-state index >= 15 is 0 Å². The summed E-state index contributed by atoms with van der Waals surface area (Å²) >= 11 is 3.88. The molecule has 2 N–H and O–H groups in total. The number of ether oxygens (including phenoxy) is 1. The summed E-state index contributed by atoms with van der Waals surface area (Å²) in [7, 11) is 0. The average molecular weight is 511 g/mol. The molecule has 2 fully saturated rings. The molecule has 2 aliphatic heterocycles. The summed E-state index contributed by atoms with van der Waals surface area (Å²) in [5, 5.41) is 9.04. The number of rotatable bonds is 7. The Hall–Kier alpha value is -0.0300. The van der Waals surface area contributed by atoms with Gasteiger partial charge in [0.1, 0.15) is 0 Å². The highest BCUT2D eigenvalue weighted by Crippen LogP contribution is 2.34. The van der Waals surface area contributed by atoms with Crippen LogP contribution in [0.25, 0.3) is 0 Å². The number of hydrogen-bond acceptors (Lipinski definition) is 5. The highest BCUT2D eigenvalue weighted by molar-refractivity contribution is 14.0. The topological polar surface area (TPSA) is 48.9 Å². The van der Waals surface area contributed by atoms with E-state index in [0.717, 1.165) is 58.3 Å². The first-order valence-corrected chi connectivity index (χ1v) is 11.3. The van der Waals surface area contributed by atoms with Crippen LogP contribution in [0.1, 0.15) is 18.2 Å². The lowest BCUT2D eigenvalue weighted by molar-refractivity contribution is -0.0104. The minimum absolute atomic E-state index is 0. The molecule has 2 saturated heterocycles. The van der Waals surface area contributed by atoms with Crippen molar-refractivity contribution in [1.82, 2.24) is 15.5 Å². The molecule has 1 atom stereocenters. The van der Waals surface area contributed by atoms with Gasteiger partial charge in [-0.25, -0.2) is 0 Å². The predicted octanol–water partition coefficient (Wildman–Crippen LogP) is 2.67. The first-order chi connectivity index (χ1) is 12.3. The monoisotopic (exact) mass is 510 g/mol. The van der Waals surface area contributed by atoms with Crippen LogP contribution in [0.4, 0.5) is 0 Å². The quantitative estimate of drug-likeness (QED) is 0.336. The summed E-state index contributed by atoms with van der Waals surface area (Å²) < 4.78 is 5.55. The Morgan fingerprint density at radius 2 is 2.19 bits per heavy atom. The van der Waals surface area contributed by atoms with E-state index in [2.05, 4.69) is 51.7 Å². The first kappa shape index (κ1) is 22.3. The number of guanidine groups is 1. The van der Waals surface area contributed by atoms with Crippen LogP contribution in [0.2, 0.25) is 0 Å². The fraction of sp³-hybridized carbons (Fsp3) is 0.722. The van der Waals surface area contributed by atoms with Crippen LogP contribution >= 0.6 is 47.1 Å². The van der Waals surface area contributed by atoms with E-state index < -0.39 is 0 Å². The van der Waals surface area contributed by atoms with Gasteiger partial charge in [0, 0.05) is 36.8 Å². The largest absolute Gasteiger partial charge is 0.379 e. The fourth-order valence-electron chi connectivity index (χ4n) is 3.44. The van der Waals surface area contributed by atoms with Crippen molar-refractivity contribution in [2.75, 3.05) is 57.4 Å². The number of thioether (sulfide) groups is 1. The lowest BCUT2D eigenvalue weighted by Gasteiger charge is -2.42. The van der Waals surface area contributed by atoms with E-state index in [1.807, 2.05) is 11.3 Å². The second-order valence-corrected chi connectivity index (χ2v) is 8.72. The Morgan fingerprint density at radius 3 is 2.85 bits per heavy atom. The van der Waals surface area contributed by atoms with E-state index in [9.17, 15) is 0 Å². The number of morpholine rings is 1. The first-order valence-electron chi connectivity index (χ1n) is 9.27. The third-order valence-corrected chi connectivity index (χ3v) is 7.05. The van der Waals surface area contributed by atoms with Gasteiger partial charge in [-0.3, -0.25) is 9.89 Å². The molecule has 148 valence electrons. The van der Waals surface area contributed by atoms with E-state index in [1.165, 1.54) is 22.8 Å². The molecule has 0 amide bonds. The molecule has 3 rings (SSSR count). The molecule has 0 aliphatic carbocycles. The van der Waals surface area contributed by atoms with Gasteiger partial charge in [0.25, 0.3) is 0 Å². The zero-order chi connectivity index (χ0) is 17.4. The molecule has 0 radical (unpaired) electrons. The summed E-state index contributed by atoms with van der Waals surface area (Å²) in [6, 6.07) is 4.31. The number of halogens is 1. The van der Waals surface area contributed by atoms with Crippen molar-refractivity contribution in [1.29, 1.82) is 0 Å². The molecular weight excluding hydrogens is 479 g/mol. The van der Waals surface area contributed by atoms with E-state index in [0.29, 0.717) is 0 Å². The van der Waals surface area contributed by atoms with Crippen molar-refractivity contribution >= 4 is 53.0 Å². The van der Waals surface area contributed by atoms with Crippen LogP contribution in [0, 0.1) is 0 Å². The van der Waals surface area contributed by atoms with Gasteiger partial charge < -0.3 is 15.4 Å². The highest BCUT2D eigenvalue weighted by Gasteiger charge is 2.40. The molecule has 3 heterocycles. The second-order valence-electron chi connectivity index (χ2n) is 6.58. The molecule has 0 bridgehead atoms. The van der Waals surface area contributed by atoms with Crippen LogP contribution in [-0.2, 0) is 11.2 Å². The van der Waals surface area contributed by atoms with Crippen molar-refractivity contribution in [2.24, 2.45) is 4.99 Å². The maximum atomic E-state index is 5.55. The van der Waals surface area contributed by atoms with Crippen LogP contribution in [0.3, 0.4) is 0 Å². The zero-order valence-electron chi connectivity index (χ0n) is 15.5. The lowest BCUT2D eigenvalue weighted by atomic mass is 9.96. The highest BCUT2D eigenvalue weighted by atomic mass is 127. The number of hydrogen-bond donors (Lipinski definition) is 2. The predicted molar refractivity (Wildman–Crippen MR) is 124 cm³/mol. The minimum atomic E-state index is 0. The standard InChI is InChI=1S/C18H30N4OS2.HI/c1-2-19-17(20-7-5-16-4-3-12-25-16)21-14-18(6-13-24-15-18)22-8-10-23-11-9-22;/h3-4,12H,2,5-11,13-15H2,1H3,(H2,19,20,21);1H. The summed E-state index contributed by atoms with van der Waals surface area (Å²) in [6.07, 6.45) is 2.28. The average Bonchev–Trinajstić information content (AvgIpc) is 3.33. The Kier molecular flexibility index (Phi) is 10.0. The number of nitrogens with one attached hydrogen (secondary N) is 2. The van der Waals surface area contributed by atoms with Gasteiger partial charge in [0.2, 0.25) is 0 Å². The van der Waals surface area contributed by atoms with Crippen molar-refractivity contribution < 1.29 is 4.74 Å². The number of thiophene rings is 1. The molecule has 5 nitrogen and oxygen atoms in total. The molecule has 0 spiro atoms. The van der Waals surface area contributed by atoms with Gasteiger partial charge in [-0.15, -0.1) is 35.3 Å². The van der Waals surface area contributed by atoms with Gasteiger partial charge in [-0.05, 0) is 37.0 Å². The third kappa shape index (κ3) is 6.25. The molecular formula is C18H31IN4OS2. The summed E-state index contributed by atoms with van der Waals surface area (Å²) in [4.78, 5) is 9.00. The summed E-state index contributed by atoms with van der Waals surface area (Å²) in [5.74, 6) is 3.38. The van der Waals surface area contributed by atoms with Crippen molar-refractivity contribution in [3.63, 3.8) is 0 Å². The molecule has 1 aromatic rings. The normalized spacial score (nSPS) is 24.3. The molecule has 26 heavy (non-hydrogen) atoms. The Bertz CT molecular complexity index is 529. The minimum Gasteiger partial charge on any atom is -0.379 e. The summed E-state index contributed by atoms with van der Waals surface area (Å²) in [6.45, 7) is 8.60. The van der Waals surface area contributed by atoms with E-state index in [-0.39, 0.29) is 29.5 Å². The van der Waals surface area contributed by atoms with Crippen LogP contribution < -0.4 is 10.6 Å². The van der Waals surface area contributed by atoms with Crippen molar-refractivity contribution in [2.45, 2.75) is 25.3 Å². The third-order valence-electron chi connectivity index (χ3n) is 4.88. The maximum absolute atomic E-state index is 5.55. The SMILES string of the molecule is CCNC(=NCC1(N2CCOCC2)CCSC1)NCCc1cccs1.I. The molecule has 2 aliphatic rings. The number of aliphatic imine (C=N–C) groups is 1. The van der Waals surface area contributed by atoms with Gasteiger partial charge in [-0.2, -0.15) is 11.8 Å². The molecule has 0 aromatic carbocycles. The molecule has 8 heteroatoms. The van der Waals surface area contributed by atoms with Crippen molar-refractivity contribution in [3.05, 3.63) is 22.4 Å². The van der Waals surface area contributed by atoms with Gasteiger partial charge in [-0.1, -0.05) is 6.07 Å². The Labute approximate surface area is 182 Å². The maximum Gasteiger partial charge on any atom is 0.191 e. The molecule has 1 unspecified atom stereocenters.